The van der Waals surface area contributed by atoms with Crippen molar-refractivity contribution in [3.63, 3.8) is 0 Å². The van der Waals surface area contributed by atoms with Crippen LogP contribution in [0.25, 0.3) is 11.0 Å². The van der Waals surface area contributed by atoms with Gasteiger partial charge in [-0.05, 0) is 36.8 Å². The second-order valence-corrected chi connectivity index (χ2v) is 4.28. The number of hydrogen-bond donors (Lipinski definition) is 1. The Labute approximate surface area is 109 Å². The smallest absolute Gasteiger partial charge is 0.305 e. The van der Waals surface area contributed by atoms with Gasteiger partial charge in [0.25, 0.3) is 0 Å². The predicted octanol–water partition coefficient (Wildman–Crippen LogP) is 2.82. The van der Waals surface area contributed by atoms with E-state index in [1.54, 1.807) is 0 Å². The van der Waals surface area contributed by atoms with E-state index in [0.717, 1.165) is 10.4 Å². The average molecular weight is 252 g/mol. The molecule has 1 amide bonds. The summed E-state index contributed by atoms with van der Waals surface area (Å²) in [5.41, 5.74) is 3.21. The molecule has 5 heteroatoms. The summed E-state index contributed by atoms with van der Waals surface area (Å²) in [5.74, 6) is 0. The van der Waals surface area contributed by atoms with Crippen LogP contribution in [0.3, 0.4) is 0 Å². The van der Waals surface area contributed by atoms with Crippen LogP contribution in [-0.2, 0) is 0 Å². The molecule has 0 fully saturated rings. The molecular formula is C14H12N4O. The van der Waals surface area contributed by atoms with Gasteiger partial charge in [0.05, 0.1) is 0 Å². The van der Waals surface area contributed by atoms with Gasteiger partial charge in [0.1, 0.15) is 11.0 Å². The SMILES string of the molecule is Cc1ccc2nn(C(=O)Nc3ccccc3)nc2c1. The van der Waals surface area contributed by atoms with Crippen LogP contribution in [0.15, 0.2) is 48.5 Å². The monoisotopic (exact) mass is 252 g/mol. The molecule has 0 saturated carbocycles. The maximum Gasteiger partial charge on any atom is 0.363 e. The van der Waals surface area contributed by atoms with Crippen LogP contribution in [0.1, 0.15) is 5.56 Å². The zero-order chi connectivity index (χ0) is 13.2. The number of carbonyl (C=O) groups is 1. The largest absolute Gasteiger partial charge is 0.363 e. The lowest BCUT2D eigenvalue weighted by Gasteiger charge is -2.02. The minimum atomic E-state index is -0.375. The summed E-state index contributed by atoms with van der Waals surface area (Å²) in [5, 5.41) is 11.0. The summed E-state index contributed by atoms with van der Waals surface area (Å²) in [7, 11) is 0. The molecule has 1 N–H and O–H groups in total. The number of rotatable bonds is 1. The van der Waals surface area contributed by atoms with Crippen molar-refractivity contribution in [3.05, 3.63) is 54.1 Å². The lowest BCUT2D eigenvalue weighted by molar-refractivity contribution is 0.248. The predicted molar refractivity (Wildman–Crippen MR) is 73.1 cm³/mol. The van der Waals surface area contributed by atoms with Crippen molar-refractivity contribution in [2.45, 2.75) is 6.92 Å². The van der Waals surface area contributed by atoms with E-state index in [4.69, 9.17) is 0 Å². The standard InChI is InChI=1S/C14H12N4O/c1-10-7-8-12-13(9-10)17-18(16-12)14(19)15-11-5-3-2-4-6-11/h2-9H,1H3,(H,15,19). The fourth-order valence-corrected chi connectivity index (χ4v) is 1.81. The zero-order valence-corrected chi connectivity index (χ0v) is 10.4. The summed E-state index contributed by atoms with van der Waals surface area (Å²) in [6.45, 7) is 1.97. The number of carbonyl (C=O) groups excluding carboxylic acids is 1. The lowest BCUT2D eigenvalue weighted by atomic mass is 10.2. The van der Waals surface area contributed by atoms with Crippen LogP contribution in [0, 0.1) is 6.92 Å². The molecule has 19 heavy (non-hydrogen) atoms. The molecule has 3 aromatic rings. The van der Waals surface area contributed by atoms with E-state index in [-0.39, 0.29) is 6.03 Å². The molecule has 0 aliphatic rings. The Hall–Kier alpha value is -2.69. The summed E-state index contributed by atoms with van der Waals surface area (Å²) >= 11 is 0. The Morgan fingerprint density at radius 2 is 1.79 bits per heavy atom. The highest BCUT2D eigenvalue weighted by Gasteiger charge is 2.10. The van der Waals surface area contributed by atoms with E-state index < -0.39 is 0 Å². The van der Waals surface area contributed by atoms with Gasteiger partial charge in [-0.2, -0.15) is 0 Å². The minimum absolute atomic E-state index is 0.375. The highest BCUT2D eigenvalue weighted by Crippen LogP contribution is 2.11. The fraction of sp³-hybridized carbons (Fsp3) is 0.0714. The van der Waals surface area contributed by atoms with Crippen LogP contribution in [0.2, 0.25) is 0 Å². The maximum absolute atomic E-state index is 12.0. The third-order valence-corrected chi connectivity index (χ3v) is 2.74. The summed E-state index contributed by atoms with van der Waals surface area (Å²) in [6, 6.07) is 14.5. The first-order valence-electron chi connectivity index (χ1n) is 5.92. The Morgan fingerprint density at radius 1 is 1.05 bits per heavy atom. The third-order valence-electron chi connectivity index (χ3n) is 2.74. The molecule has 94 valence electrons. The molecule has 0 aliphatic carbocycles. The van der Waals surface area contributed by atoms with Crippen molar-refractivity contribution in [2.24, 2.45) is 0 Å². The second kappa shape index (κ2) is 4.53. The first-order chi connectivity index (χ1) is 9.22. The Morgan fingerprint density at radius 3 is 2.58 bits per heavy atom. The van der Waals surface area contributed by atoms with E-state index >= 15 is 0 Å². The highest BCUT2D eigenvalue weighted by atomic mass is 16.2. The minimum Gasteiger partial charge on any atom is -0.305 e. The Bertz CT molecular complexity index is 734. The van der Waals surface area contributed by atoms with Crippen LogP contribution in [-0.4, -0.2) is 21.0 Å². The van der Waals surface area contributed by atoms with E-state index in [0.29, 0.717) is 16.7 Å². The quantitative estimate of drug-likeness (QED) is 0.724. The molecule has 0 spiro atoms. The van der Waals surface area contributed by atoms with Crippen molar-refractivity contribution in [1.82, 2.24) is 15.0 Å². The van der Waals surface area contributed by atoms with Gasteiger partial charge in [-0.25, -0.2) is 4.79 Å². The van der Waals surface area contributed by atoms with Crippen LogP contribution >= 0.6 is 0 Å². The van der Waals surface area contributed by atoms with E-state index in [1.807, 2.05) is 55.5 Å². The van der Waals surface area contributed by atoms with Crippen molar-refractivity contribution in [1.29, 1.82) is 0 Å². The molecule has 0 radical (unpaired) electrons. The fourth-order valence-electron chi connectivity index (χ4n) is 1.81. The van der Waals surface area contributed by atoms with Crippen molar-refractivity contribution in [3.8, 4) is 0 Å². The first kappa shape index (κ1) is 11.4. The lowest BCUT2D eigenvalue weighted by Crippen LogP contribution is -2.21. The number of aryl methyl sites for hydroxylation is 1. The van der Waals surface area contributed by atoms with Gasteiger partial charge >= 0.3 is 6.03 Å². The van der Waals surface area contributed by atoms with Crippen LogP contribution in [0.5, 0.6) is 0 Å². The van der Waals surface area contributed by atoms with E-state index in [1.165, 1.54) is 0 Å². The molecule has 0 aliphatic heterocycles. The van der Waals surface area contributed by atoms with Crippen molar-refractivity contribution in [2.75, 3.05) is 5.32 Å². The van der Waals surface area contributed by atoms with Crippen LogP contribution < -0.4 is 5.32 Å². The summed E-state index contributed by atoms with van der Waals surface area (Å²) in [6.07, 6.45) is 0. The molecule has 2 aromatic carbocycles. The summed E-state index contributed by atoms with van der Waals surface area (Å²) < 4.78 is 0. The number of para-hydroxylation sites is 1. The Balaban J connectivity index is 1.89. The van der Waals surface area contributed by atoms with E-state index in [9.17, 15) is 4.79 Å². The molecule has 0 bridgehead atoms. The van der Waals surface area contributed by atoms with Gasteiger partial charge in [-0.1, -0.05) is 29.1 Å². The molecule has 0 atom stereocenters. The average Bonchev–Trinajstić information content (AvgIpc) is 2.83. The van der Waals surface area contributed by atoms with Crippen molar-refractivity contribution < 1.29 is 4.79 Å². The first-order valence-corrected chi connectivity index (χ1v) is 5.92. The number of anilines is 1. The number of hydrogen-bond acceptors (Lipinski definition) is 3. The van der Waals surface area contributed by atoms with Crippen molar-refractivity contribution >= 4 is 22.8 Å². The topological polar surface area (TPSA) is 59.8 Å². The number of aromatic nitrogens is 3. The third kappa shape index (κ3) is 2.30. The summed E-state index contributed by atoms with van der Waals surface area (Å²) in [4.78, 5) is 13.1. The molecule has 1 aromatic heterocycles. The Kier molecular flexibility index (Phi) is 2.72. The number of amides is 1. The number of nitrogens with zero attached hydrogens (tertiary/aromatic N) is 3. The molecule has 1 heterocycles. The normalized spacial score (nSPS) is 10.6. The van der Waals surface area contributed by atoms with Gasteiger partial charge < -0.3 is 5.32 Å². The molecule has 5 nitrogen and oxygen atoms in total. The second-order valence-electron chi connectivity index (χ2n) is 4.28. The van der Waals surface area contributed by atoms with Gasteiger partial charge in [0, 0.05) is 5.69 Å². The van der Waals surface area contributed by atoms with E-state index in [2.05, 4.69) is 15.5 Å². The molecule has 0 unspecified atom stereocenters. The molecule has 3 rings (SSSR count). The molecule has 0 saturated heterocycles. The number of fused-ring (bicyclic) bond motifs is 1. The van der Waals surface area contributed by atoms with Gasteiger partial charge in [-0.15, -0.1) is 10.2 Å². The van der Waals surface area contributed by atoms with Gasteiger partial charge in [0.2, 0.25) is 0 Å². The van der Waals surface area contributed by atoms with Gasteiger partial charge in [0.15, 0.2) is 0 Å². The zero-order valence-electron chi connectivity index (χ0n) is 10.4. The molecular weight excluding hydrogens is 240 g/mol. The highest BCUT2D eigenvalue weighted by molar-refractivity contribution is 5.91. The number of nitrogens with one attached hydrogen (secondary N) is 1. The number of benzene rings is 2. The van der Waals surface area contributed by atoms with Crippen LogP contribution in [0.4, 0.5) is 10.5 Å². The van der Waals surface area contributed by atoms with Gasteiger partial charge in [-0.3, -0.25) is 0 Å². The maximum atomic E-state index is 12.0.